The number of hydrogen-bond acceptors (Lipinski definition) is 3. The number of hydrogen-bond donors (Lipinski definition) is 1. The molecule has 0 radical (unpaired) electrons. The normalized spacial score (nSPS) is 13.5. The Balaban J connectivity index is 2.91. The number of rotatable bonds is 8. The average Bonchev–Trinajstić information content (AvgIpc) is 2.39. The van der Waals surface area contributed by atoms with Crippen LogP contribution in [-0.2, 0) is 0 Å². The number of nitrogens with zero attached hydrogens (tertiary/aromatic N) is 1. The quantitative estimate of drug-likeness (QED) is 0.791. The molecule has 0 spiro atoms. The van der Waals surface area contributed by atoms with Crippen molar-refractivity contribution >= 4 is 0 Å². The van der Waals surface area contributed by atoms with Gasteiger partial charge in [-0.1, -0.05) is 26.0 Å². The van der Waals surface area contributed by atoms with Crippen molar-refractivity contribution in [2.45, 2.75) is 59.7 Å². The molecule has 0 aliphatic rings. The Labute approximate surface area is 130 Å². The van der Waals surface area contributed by atoms with Crippen LogP contribution in [0, 0.1) is 5.92 Å². The number of ether oxygens (including phenoxy) is 1. The maximum absolute atomic E-state index is 6.07. The summed E-state index contributed by atoms with van der Waals surface area (Å²) >= 11 is 0. The van der Waals surface area contributed by atoms with Crippen LogP contribution in [0.15, 0.2) is 24.3 Å². The fourth-order valence-electron chi connectivity index (χ4n) is 2.62. The van der Waals surface area contributed by atoms with Crippen molar-refractivity contribution < 1.29 is 4.74 Å². The molecule has 1 aromatic rings. The van der Waals surface area contributed by atoms with E-state index < -0.39 is 0 Å². The summed E-state index contributed by atoms with van der Waals surface area (Å²) in [6.07, 6.45) is 0.203. The first-order valence-electron chi connectivity index (χ1n) is 8.07. The van der Waals surface area contributed by atoms with Gasteiger partial charge in [0.2, 0.25) is 0 Å². The van der Waals surface area contributed by atoms with Gasteiger partial charge in [0.05, 0.1) is 6.10 Å². The third-order valence-corrected chi connectivity index (χ3v) is 3.50. The van der Waals surface area contributed by atoms with Crippen LogP contribution >= 0.6 is 0 Å². The second-order valence-corrected chi connectivity index (χ2v) is 6.67. The molecule has 1 atom stereocenters. The fourth-order valence-corrected chi connectivity index (χ4v) is 2.62. The SMILES string of the molecule is CC(C)CN(C(C)C)C(CN)c1ccc(OC(C)C)cc1. The monoisotopic (exact) mass is 292 g/mol. The Morgan fingerprint density at radius 2 is 1.57 bits per heavy atom. The minimum atomic E-state index is 0.203. The van der Waals surface area contributed by atoms with Crippen LogP contribution in [-0.4, -0.2) is 30.1 Å². The summed E-state index contributed by atoms with van der Waals surface area (Å²) in [7, 11) is 0. The van der Waals surface area contributed by atoms with Crippen LogP contribution in [0.2, 0.25) is 0 Å². The zero-order valence-corrected chi connectivity index (χ0v) is 14.5. The molecule has 3 heteroatoms. The van der Waals surface area contributed by atoms with E-state index in [1.165, 1.54) is 5.56 Å². The predicted octanol–water partition coefficient (Wildman–Crippen LogP) is 3.84. The first kappa shape index (κ1) is 18.0. The Morgan fingerprint density at radius 1 is 1.00 bits per heavy atom. The smallest absolute Gasteiger partial charge is 0.119 e. The highest BCUT2D eigenvalue weighted by Crippen LogP contribution is 2.25. The Bertz CT molecular complexity index is 398. The molecule has 0 amide bonds. The highest BCUT2D eigenvalue weighted by Gasteiger charge is 2.22. The van der Waals surface area contributed by atoms with Gasteiger partial charge in [-0.2, -0.15) is 0 Å². The molecule has 0 bridgehead atoms. The molecule has 1 unspecified atom stereocenters. The van der Waals surface area contributed by atoms with E-state index in [0.29, 0.717) is 18.5 Å². The molecule has 0 aliphatic heterocycles. The summed E-state index contributed by atoms with van der Waals surface area (Å²) in [6, 6.07) is 9.13. The van der Waals surface area contributed by atoms with Crippen molar-refractivity contribution in [2.75, 3.05) is 13.1 Å². The van der Waals surface area contributed by atoms with Gasteiger partial charge in [0, 0.05) is 25.2 Å². The minimum absolute atomic E-state index is 0.203. The minimum Gasteiger partial charge on any atom is -0.491 e. The van der Waals surface area contributed by atoms with E-state index in [2.05, 4.69) is 44.7 Å². The van der Waals surface area contributed by atoms with Gasteiger partial charge in [0.25, 0.3) is 0 Å². The van der Waals surface area contributed by atoms with E-state index in [0.717, 1.165) is 12.3 Å². The van der Waals surface area contributed by atoms with Crippen molar-refractivity contribution in [1.82, 2.24) is 4.90 Å². The molecule has 0 saturated carbocycles. The van der Waals surface area contributed by atoms with Gasteiger partial charge in [-0.25, -0.2) is 0 Å². The summed E-state index contributed by atoms with van der Waals surface area (Å²) in [6.45, 7) is 14.8. The van der Waals surface area contributed by atoms with Crippen LogP contribution in [0.5, 0.6) is 5.75 Å². The summed E-state index contributed by atoms with van der Waals surface area (Å²) in [5.74, 6) is 1.55. The lowest BCUT2D eigenvalue weighted by molar-refractivity contribution is 0.138. The molecule has 1 rings (SSSR count). The molecule has 0 aliphatic carbocycles. The van der Waals surface area contributed by atoms with E-state index >= 15 is 0 Å². The zero-order valence-electron chi connectivity index (χ0n) is 14.5. The van der Waals surface area contributed by atoms with E-state index in [4.69, 9.17) is 10.5 Å². The van der Waals surface area contributed by atoms with Crippen LogP contribution in [0.1, 0.15) is 53.1 Å². The van der Waals surface area contributed by atoms with Gasteiger partial charge in [0.15, 0.2) is 0 Å². The third kappa shape index (κ3) is 5.68. The first-order chi connectivity index (χ1) is 9.85. The summed E-state index contributed by atoms with van der Waals surface area (Å²) in [5.41, 5.74) is 7.33. The van der Waals surface area contributed by atoms with Gasteiger partial charge < -0.3 is 10.5 Å². The van der Waals surface area contributed by atoms with Crippen molar-refractivity contribution in [3.63, 3.8) is 0 Å². The molecule has 1 aromatic carbocycles. The number of nitrogens with two attached hydrogens (primary N) is 1. The maximum atomic E-state index is 6.07. The maximum Gasteiger partial charge on any atom is 0.119 e. The van der Waals surface area contributed by atoms with Gasteiger partial charge >= 0.3 is 0 Å². The molecule has 3 nitrogen and oxygen atoms in total. The van der Waals surface area contributed by atoms with Crippen LogP contribution in [0.3, 0.4) is 0 Å². The molecule has 2 N–H and O–H groups in total. The first-order valence-corrected chi connectivity index (χ1v) is 8.07. The van der Waals surface area contributed by atoms with Crippen molar-refractivity contribution in [1.29, 1.82) is 0 Å². The topological polar surface area (TPSA) is 38.5 Å². The van der Waals surface area contributed by atoms with Crippen molar-refractivity contribution in [3.8, 4) is 5.75 Å². The lowest BCUT2D eigenvalue weighted by Gasteiger charge is -2.36. The summed E-state index contributed by atoms with van der Waals surface area (Å²) in [4.78, 5) is 2.49. The summed E-state index contributed by atoms with van der Waals surface area (Å²) in [5, 5.41) is 0. The van der Waals surface area contributed by atoms with Gasteiger partial charge in [-0.15, -0.1) is 0 Å². The zero-order chi connectivity index (χ0) is 16.0. The van der Waals surface area contributed by atoms with E-state index in [-0.39, 0.29) is 12.1 Å². The Morgan fingerprint density at radius 3 is 1.95 bits per heavy atom. The van der Waals surface area contributed by atoms with Crippen molar-refractivity contribution in [3.05, 3.63) is 29.8 Å². The van der Waals surface area contributed by atoms with Crippen LogP contribution in [0.25, 0.3) is 0 Å². The average molecular weight is 292 g/mol. The third-order valence-electron chi connectivity index (χ3n) is 3.50. The fraction of sp³-hybridized carbons (Fsp3) is 0.667. The molecule has 21 heavy (non-hydrogen) atoms. The Hall–Kier alpha value is -1.06. The highest BCUT2D eigenvalue weighted by atomic mass is 16.5. The summed E-state index contributed by atoms with van der Waals surface area (Å²) < 4.78 is 5.71. The van der Waals surface area contributed by atoms with E-state index in [1.54, 1.807) is 0 Å². The highest BCUT2D eigenvalue weighted by molar-refractivity contribution is 5.29. The predicted molar refractivity (Wildman–Crippen MR) is 90.7 cm³/mol. The second kappa shape index (κ2) is 8.40. The van der Waals surface area contributed by atoms with Crippen LogP contribution in [0.4, 0.5) is 0 Å². The largest absolute Gasteiger partial charge is 0.491 e. The molecular formula is C18H32N2O. The molecule has 0 saturated heterocycles. The Kier molecular flexibility index (Phi) is 7.20. The van der Waals surface area contributed by atoms with Crippen LogP contribution < -0.4 is 10.5 Å². The van der Waals surface area contributed by atoms with Gasteiger partial charge in [-0.05, 0) is 51.3 Å². The molecule has 0 aromatic heterocycles. The van der Waals surface area contributed by atoms with E-state index in [9.17, 15) is 0 Å². The van der Waals surface area contributed by atoms with Gasteiger partial charge in [0.1, 0.15) is 5.75 Å². The van der Waals surface area contributed by atoms with E-state index in [1.807, 2.05) is 26.0 Å². The lowest BCUT2D eigenvalue weighted by Crippen LogP contribution is -2.40. The second-order valence-electron chi connectivity index (χ2n) is 6.67. The molecular weight excluding hydrogens is 260 g/mol. The van der Waals surface area contributed by atoms with Gasteiger partial charge in [-0.3, -0.25) is 4.90 Å². The molecule has 120 valence electrons. The number of benzene rings is 1. The molecule has 0 fully saturated rings. The van der Waals surface area contributed by atoms with Crippen molar-refractivity contribution in [2.24, 2.45) is 11.7 Å². The lowest BCUT2D eigenvalue weighted by atomic mass is 10.0. The standard InChI is InChI=1S/C18H32N2O/c1-13(2)12-20(14(3)4)18(11-19)16-7-9-17(10-8-16)21-15(5)6/h7-10,13-15,18H,11-12,19H2,1-6H3. The molecule has 0 heterocycles.